The summed E-state index contributed by atoms with van der Waals surface area (Å²) in [6.07, 6.45) is -1.29. The van der Waals surface area contributed by atoms with Crippen molar-refractivity contribution in [2.24, 2.45) is 5.41 Å². The highest BCUT2D eigenvalue weighted by Gasteiger charge is 2.33. The predicted molar refractivity (Wildman–Crippen MR) is 98.4 cm³/mol. The zero-order valence-electron chi connectivity index (χ0n) is 14.8. The number of carbonyl (C=O) groups excluding carboxylic acids is 1. The molecule has 0 spiro atoms. The smallest absolute Gasteiger partial charge is 0.351 e. The molecule has 27 heavy (non-hydrogen) atoms. The Hall–Kier alpha value is -2.06. The van der Waals surface area contributed by atoms with Crippen molar-refractivity contribution in [3.63, 3.8) is 0 Å². The lowest BCUT2D eigenvalue weighted by Gasteiger charge is -2.34. The molecule has 3 rings (SSSR count). The van der Waals surface area contributed by atoms with Crippen molar-refractivity contribution in [3.05, 3.63) is 47.8 Å². The van der Waals surface area contributed by atoms with Gasteiger partial charge in [-0.2, -0.15) is 18.3 Å². The second-order valence-electron chi connectivity index (χ2n) is 6.94. The lowest BCUT2D eigenvalue weighted by Crippen LogP contribution is -2.42. The average molecular weight is 403 g/mol. The van der Waals surface area contributed by atoms with Crippen LogP contribution in [0.1, 0.15) is 35.8 Å². The Morgan fingerprint density at radius 1 is 1.30 bits per heavy atom. The van der Waals surface area contributed by atoms with Crippen molar-refractivity contribution in [1.82, 2.24) is 20.4 Å². The van der Waals surface area contributed by atoms with E-state index < -0.39 is 11.9 Å². The normalized spacial score (nSPS) is 16.4. The molecule has 5 nitrogen and oxygen atoms in total. The van der Waals surface area contributed by atoms with Gasteiger partial charge in [0.05, 0.1) is 5.69 Å². The molecule has 0 atom stereocenters. The van der Waals surface area contributed by atoms with E-state index in [9.17, 15) is 18.0 Å². The second kappa shape index (κ2) is 8.31. The van der Waals surface area contributed by atoms with Crippen LogP contribution in [0.15, 0.2) is 36.5 Å². The number of halogens is 4. The molecule has 1 fully saturated rings. The maximum absolute atomic E-state index is 12.7. The Balaban J connectivity index is 0.00000261. The van der Waals surface area contributed by atoms with E-state index in [1.165, 1.54) is 12.3 Å². The summed E-state index contributed by atoms with van der Waals surface area (Å²) in [6.45, 7) is 4.58. The topological polar surface area (TPSA) is 59.0 Å². The van der Waals surface area contributed by atoms with Crippen LogP contribution in [0.2, 0.25) is 0 Å². The van der Waals surface area contributed by atoms with Crippen molar-refractivity contribution >= 4 is 18.3 Å². The first-order valence-electron chi connectivity index (χ1n) is 8.49. The Morgan fingerprint density at radius 3 is 2.63 bits per heavy atom. The van der Waals surface area contributed by atoms with Gasteiger partial charge >= 0.3 is 6.18 Å². The minimum absolute atomic E-state index is 0. The third-order valence-electron chi connectivity index (χ3n) is 4.74. The summed E-state index contributed by atoms with van der Waals surface area (Å²) in [5.41, 5.74) is -0.112. The first-order chi connectivity index (χ1) is 12.3. The number of benzene rings is 1. The molecule has 0 radical (unpaired) electrons. The monoisotopic (exact) mass is 402 g/mol. The number of hydrogen-bond acceptors (Lipinski definition) is 3. The number of nitrogens with zero attached hydrogens (tertiary/aromatic N) is 2. The van der Waals surface area contributed by atoms with E-state index in [1.54, 1.807) is 18.2 Å². The van der Waals surface area contributed by atoms with Gasteiger partial charge < -0.3 is 10.6 Å². The molecule has 1 aliphatic heterocycles. The Labute approximate surface area is 161 Å². The maximum atomic E-state index is 12.7. The molecule has 0 unspecified atom stereocenters. The molecule has 0 bridgehead atoms. The van der Waals surface area contributed by atoms with E-state index in [0.29, 0.717) is 17.8 Å². The van der Waals surface area contributed by atoms with E-state index in [1.807, 2.05) is 0 Å². The molecule has 1 saturated heterocycles. The van der Waals surface area contributed by atoms with Crippen LogP contribution in [0.4, 0.5) is 13.2 Å². The largest absolute Gasteiger partial charge is 0.435 e. The summed E-state index contributed by atoms with van der Waals surface area (Å²) in [6, 6.07) is 7.32. The number of piperidine rings is 1. The SMILES string of the molecule is CC1(CNC(=O)c2cccc(-n3ccc(C(F)(F)F)n3)c2)CCNCC1.Cl. The predicted octanol–water partition coefficient (Wildman–Crippen LogP) is 3.43. The molecular weight excluding hydrogens is 381 g/mol. The lowest BCUT2D eigenvalue weighted by molar-refractivity contribution is -0.141. The van der Waals surface area contributed by atoms with E-state index in [4.69, 9.17) is 0 Å². The highest BCUT2D eigenvalue weighted by atomic mass is 35.5. The molecule has 2 heterocycles. The fourth-order valence-corrected chi connectivity index (χ4v) is 3.01. The molecule has 2 N–H and O–H groups in total. The minimum Gasteiger partial charge on any atom is -0.351 e. The molecule has 148 valence electrons. The molecule has 1 aromatic carbocycles. The van der Waals surface area contributed by atoms with Gasteiger partial charge in [-0.1, -0.05) is 13.0 Å². The minimum atomic E-state index is -4.50. The van der Waals surface area contributed by atoms with Gasteiger partial charge in [-0.3, -0.25) is 4.79 Å². The standard InChI is InChI=1S/C18H21F3N4O.ClH/c1-17(6-8-22-9-7-17)12-23-16(26)13-3-2-4-14(11-13)25-10-5-15(24-25)18(19,20)21;/h2-5,10-11,22H,6-9,12H2,1H3,(H,23,26);1H. The van der Waals surface area contributed by atoms with Crippen molar-refractivity contribution in [2.75, 3.05) is 19.6 Å². The number of rotatable bonds is 4. The van der Waals surface area contributed by atoms with Crippen molar-refractivity contribution in [1.29, 1.82) is 0 Å². The first-order valence-corrected chi connectivity index (χ1v) is 8.49. The van der Waals surface area contributed by atoms with Gasteiger partial charge in [-0.05, 0) is 55.6 Å². The van der Waals surface area contributed by atoms with E-state index in [-0.39, 0.29) is 23.7 Å². The molecule has 0 saturated carbocycles. The maximum Gasteiger partial charge on any atom is 0.435 e. The fraction of sp³-hybridized carbons (Fsp3) is 0.444. The number of alkyl halides is 3. The Morgan fingerprint density at radius 2 is 2.00 bits per heavy atom. The summed E-state index contributed by atoms with van der Waals surface area (Å²) in [4.78, 5) is 12.4. The van der Waals surface area contributed by atoms with Crippen molar-refractivity contribution in [2.45, 2.75) is 25.9 Å². The number of carbonyl (C=O) groups is 1. The molecule has 1 aromatic heterocycles. The quantitative estimate of drug-likeness (QED) is 0.823. The number of hydrogen-bond donors (Lipinski definition) is 2. The van der Waals surface area contributed by atoms with E-state index in [0.717, 1.165) is 36.7 Å². The van der Waals surface area contributed by atoms with Gasteiger partial charge in [0.1, 0.15) is 0 Å². The van der Waals surface area contributed by atoms with Crippen LogP contribution in [-0.4, -0.2) is 35.3 Å². The average Bonchev–Trinajstić information content (AvgIpc) is 3.11. The summed E-state index contributed by atoms with van der Waals surface area (Å²) >= 11 is 0. The van der Waals surface area contributed by atoms with E-state index >= 15 is 0 Å². The molecule has 1 aliphatic rings. The van der Waals surface area contributed by atoms with Crippen molar-refractivity contribution < 1.29 is 18.0 Å². The zero-order chi connectivity index (χ0) is 18.8. The Bertz CT molecular complexity index is 785. The van der Waals surface area contributed by atoms with Gasteiger partial charge in [0.2, 0.25) is 0 Å². The van der Waals surface area contributed by atoms with Crippen molar-refractivity contribution in [3.8, 4) is 5.69 Å². The molecule has 2 aromatic rings. The fourth-order valence-electron chi connectivity index (χ4n) is 3.01. The van der Waals surface area contributed by atoms with Gasteiger partial charge in [0.15, 0.2) is 5.69 Å². The van der Waals surface area contributed by atoms with Gasteiger partial charge in [0.25, 0.3) is 5.91 Å². The highest BCUT2D eigenvalue weighted by Crippen LogP contribution is 2.28. The van der Waals surface area contributed by atoms with Crippen LogP contribution >= 0.6 is 12.4 Å². The van der Waals surface area contributed by atoms with Crippen LogP contribution < -0.4 is 10.6 Å². The third kappa shape index (κ3) is 5.23. The number of amides is 1. The van der Waals surface area contributed by atoms with E-state index in [2.05, 4.69) is 22.7 Å². The summed E-state index contributed by atoms with van der Waals surface area (Å²) in [5, 5.41) is 9.77. The number of aromatic nitrogens is 2. The number of nitrogens with one attached hydrogen (secondary N) is 2. The molecule has 0 aliphatic carbocycles. The van der Waals surface area contributed by atoms with Crippen LogP contribution in [0.5, 0.6) is 0 Å². The molecular formula is C18H22ClF3N4O. The van der Waals surface area contributed by atoms with Crippen LogP contribution in [-0.2, 0) is 6.18 Å². The highest BCUT2D eigenvalue weighted by molar-refractivity contribution is 5.94. The lowest BCUT2D eigenvalue weighted by atomic mass is 9.81. The molecule has 9 heteroatoms. The molecule has 1 amide bonds. The summed E-state index contributed by atoms with van der Waals surface area (Å²) in [5.74, 6) is -0.241. The summed E-state index contributed by atoms with van der Waals surface area (Å²) < 4.78 is 39.2. The Kier molecular flexibility index (Phi) is 6.54. The van der Waals surface area contributed by atoms with Crippen LogP contribution in [0.3, 0.4) is 0 Å². The van der Waals surface area contributed by atoms with Gasteiger partial charge in [0, 0.05) is 18.3 Å². The second-order valence-corrected chi connectivity index (χ2v) is 6.94. The summed E-state index contributed by atoms with van der Waals surface area (Å²) in [7, 11) is 0. The van der Waals surface area contributed by atoms with Crippen LogP contribution in [0.25, 0.3) is 5.69 Å². The zero-order valence-corrected chi connectivity index (χ0v) is 15.7. The van der Waals surface area contributed by atoms with Crippen LogP contribution in [0, 0.1) is 5.41 Å². The van der Waals surface area contributed by atoms with Gasteiger partial charge in [-0.15, -0.1) is 12.4 Å². The first kappa shape index (κ1) is 21.2. The third-order valence-corrected chi connectivity index (χ3v) is 4.74. The van der Waals surface area contributed by atoms with Gasteiger partial charge in [-0.25, -0.2) is 4.68 Å².